The van der Waals surface area contributed by atoms with Crippen molar-refractivity contribution in [3.63, 3.8) is 0 Å². The van der Waals surface area contributed by atoms with Crippen molar-refractivity contribution in [1.82, 2.24) is 0 Å². The first-order valence-corrected chi connectivity index (χ1v) is 12.6. The first-order chi connectivity index (χ1) is 14.3. The van der Waals surface area contributed by atoms with Crippen molar-refractivity contribution in [2.45, 2.75) is 110 Å². The van der Waals surface area contributed by atoms with Crippen LogP contribution in [0, 0.1) is 35.0 Å². The van der Waals surface area contributed by atoms with Gasteiger partial charge < -0.3 is 9.47 Å². The minimum absolute atomic E-state index is 0.0701. The highest BCUT2D eigenvalue weighted by atomic mass is 16.5. The van der Waals surface area contributed by atoms with Gasteiger partial charge in [0, 0.05) is 13.3 Å². The Bertz CT molecular complexity index is 588. The zero-order valence-electron chi connectivity index (χ0n) is 19.8. The molecule has 0 aromatic rings. The third-order valence-electron chi connectivity index (χ3n) is 9.20. The Morgan fingerprint density at radius 1 is 1.03 bits per heavy atom. The van der Waals surface area contributed by atoms with Crippen LogP contribution in [0.2, 0.25) is 0 Å². The van der Waals surface area contributed by atoms with Gasteiger partial charge >= 0.3 is 11.9 Å². The second kappa shape index (κ2) is 10.5. The van der Waals surface area contributed by atoms with Crippen LogP contribution < -0.4 is 0 Å². The number of esters is 2. The molecule has 0 N–H and O–H groups in total. The molecule has 3 rings (SSSR count). The average Bonchev–Trinajstić information content (AvgIpc) is 2.82. The first kappa shape index (κ1) is 23.6. The standard InChI is InChI=1S/C26H44O4/c1-18(11-14-25(28)29-4)20-7-5-9-21-12-13-22-17-23(30-19(2)27)15-16-26(22,3)24(21)10-6-8-20/h18,20-24H,5-17H2,1-4H3. The molecule has 4 nitrogen and oxygen atoms in total. The van der Waals surface area contributed by atoms with Crippen molar-refractivity contribution < 1.29 is 19.1 Å². The number of carbonyl (C=O) groups is 2. The van der Waals surface area contributed by atoms with Crippen LogP contribution in [0.3, 0.4) is 0 Å². The van der Waals surface area contributed by atoms with Crippen molar-refractivity contribution >= 4 is 11.9 Å². The third kappa shape index (κ3) is 5.59. The molecule has 3 fully saturated rings. The Balaban J connectivity index is 1.60. The second-order valence-electron chi connectivity index (χ2n) is 10.9. The summed E-state index contributed by atoms with van der Waals surface area (Å²) in [6, 6.07) is 0. The normalized spacial score (nSPS) is 38.1. The zero-order valence-corrected chi connectivity index (χ0v) is 19.8. The van der Waals surface area contributed by atoms with Gasteiger partial charge in [-0.1, -0.05) is 46.0 Å². The Hall–Kier alpha value is -1.06. The average molecular weight is 421 g/mol. The van der Waals surface area contributed by atoms with Crippen molar-refractivity contribution in [2.75, 3.05) is 7.11 Å². The lowest BCUT2D eigenvalue weighted by Gasteiger charge is -2.55. The molecule has 0 saturated heterocycles. The topological polar surface area (TPSA) is 52.6 Å². The molecule has 0 spiro atoms. The largest absolute Gasteiger partial charge is 0.469 e. The van der Waals surface area contributed by atoms with E-state index in [1.54, 1.807) is 6.92 Å². The van der Waals surface area contributed by atoms with Gasteiger partial charge in [-0.25, -0.2) is 0 Å². The summed E-state index contributed by atoms with van der Waals surface area (Å²) in [6.07, 6.45) is 15.7. The molecule has 0 radical (unpaired) electrons. The molecule has 30 heavy (non-hydrogen) atoms. The van der Waals surface area contributed by atoms with Gasteiger partial charge in [-0.2, -0.15) is 0 Å². The summed E-state index contributed by atoms with van der Waals surface area (Å²) in [7, 11) is 1.49. The summed E-state index contributed by atoms with van der Waals surface area (Å²) in [5, 5.41) is 0. The van der Waals surface area contributed by atoms with E-state index in [-0.39, 0.29) is 18.0 Å². The van der Waals surface area contributed by atoms with Crippen LogP contribution in [0.25, 0.3) is 0 Å². The second-order valence-corrected chi connectivity index (χ2v) is 10.9. The summed E-state index contributed by atoms with van der Waals surface area (Å²) >= 11 is 0. The third-order valence-corrected chi connectivity index (χ3v) is 9.20. The number of ether oxygens (including phenoxy) is 2. The molecule has 3 aliphatic carbocycles. The molecule has 3 saturated carbocycles. The highest BCUT2D eigenvalue weighted by molar-refractivity contribution is 5.69. The lowest BCUT2D eigenvalue weighted by molar-refractivity contribution is -0.154. The molecule has 0 aromatic heterocycles. The zero-order chi connectivity index (χ0) is 21.7. The number of hydrogen-bond acceptors (Lipinski definition) is 4. The number of hydrogen-bond donors (Lipinski definition) is 0. The molecule has 3 aliphatic rings. The molecule has 172 valence electrons. The monoisotopic (exact) mass is 420 g/mol. The van der Waals surface area contributed by atoms with Gasteiger partial charge in [0.05, 0.1) is 7.11 Å². The van der Waals surface area contributed by atoms with Gasteiger partial charge in [-0.15, -0.1) is 0 Å². The molecule has 4 heteroatoms. The minimum Gasteiger partial charge on any atom is -0.469 e. The van der Waals surface area contributed by atoms with E-state index < -0.39 is 0 Å². The molecular formula is C26H44O4. The Labute approximate surface area is 183 Å². The predicted molar refractivity (Wildman–Crippen MR) is 119 cm³/mol. The van der Waals surface area contributed by atoms with E-state index in [0.29, 0.717) is 23.7 Å². The van der Waals surface area contributed by atoms with Gasteiger partial charge in [0.2, 0.25) is 0 Å². The fraction of sp³-hybridized carbons (Fsp3) is 0.923. The number of fused-ring (bicyclic) bond motifs is 3. The van der Waals surface area contributed by atoms with E-state index in [1.165, 1.54) is 64.9 Å². The molecule has 0 amide bonds. The maximum Gasteiger partial charge on any atom is 0.305 e. The quantitative estimate of drug-likeness (QED) is 0.489. The minimum atomic E-state index is -0.118. The van der Waals surface area contributed by atoms with Crippen molar-refractivity contribution in [3.05, 3.63) is 0 Å². The van der Waals surface area contributed by atoms with Gasteiger partial charge in [0.25, 0.3) is 0 Å². The van der Waals surface area contributed by atoms with Crippen LogP contribution in [-0.4, -0.2) is 25.2 Å². The smallest absolute Gasteiger partial charge is 0.305 e. The van der Waals surface area contributed by atoms with Crippen molar-refractivity contribution in [3.8, 4) is 0 Å². The van der Waals surface area contributed by atoms with E-state index >= 15 is 0 Å². The molecule has 7 atom stereocenters. The van der Waals surface area contributed by atoms with Crippen LogP contribution in [0.15, 0.2) is 0 Å². The number of rotatable bonds is 5. The fourth-order valence-corrected chi connectivity index (χ4v) is 7.36. The number of methoxy groups -OCH3 is 1. The lowest BCUT2D eigenvalue weighted by Crippen LogP contribution is -2.48. The van der Waals surface area contributed by atoms with E-state index in [9.17, 15) is 9.59 Å². The van der Waals surface area contributed by atoms with E-state index in [0.717, 1.165) is 37.0 Å². The molecular weight excluding hydrogens is 376 g/mol. The van der Waals surface area contributed by atoms with Crippen LogP contribution in [-0.2, 0) is 19.1 Å². The molecule has 7 unspecified atom stereocenters. The summed E-state index contributed by atoms with van der Waals surface area (Å²) in [4.78, 5) is 23.0. The highest BCUT2D eigenvalue weighted by Gasteiger charge is 2.50. The van der Waals surface area contributed by atoms with E-state index in [1.807, 2.05) is 0 Å². The lowest BCUT2D eigenvalue weighted by atomic mass is 9.51. The maximum atomic E-state index is 11.5. The predicted octanol–water partition coefficient (Wildman–Crippen LogP) is 6.31. The number of carbonyl (C=O) groups excluding carboxylic acids is 2. The van der Waals surface area contributed by atoms with Gasteiger partial charge in [-0.05, 0) is 80.0 Å². The van der Waals surface area contributed by atoms with Crippen molar-refractivity contribution in [1.29, 1.82) is 0 Å². The summed E-state index contributed by atoms with van der Waals surface area (Å²) < 4.78 is 10.4. The highest BCUT2D eigenvalue weighted by Crippen LogP contribution is 2.58. The Morgan fingerprint density at radius 2 is 1.77 bits per heavy atom. The van der Waals surface area contributed by atoms with Gasteiger partial charge in [0.15, 0.2) is 0 Å². The molecule has 0 heterocycles. The van der Waals surface area contributed by atoms with E-state index in [4.69, 9.17) is 9.47 Å². The van der Waals surface area contributed by atoms with Crippen LogP contribution >= 0.6 is 0 Å². The molecule has 0 bridgehead atoms. The van der Waals surface area contributed by atoms with E-state index in [2.05, 4.69) is 13.8 Å². The Morgan fingerprint density at radius 3 is 2.47 bits per heavy atom. The van der Waals surface area contributed by atoms with Gasteiger partial charge in [0.1, 0.15) is 6.10 Å². The summed E-state index contributed by atoms with van der Waals surface area (Å²) in [5.74, 6) is 3.59. The molecule has 0 aromatic carbocycles. The van der Waals surface area contributed by atoms with Crippen molar-refractivity contribution in [2.24, 2.45) is 35.0 Å². The summed E-state index contributed by atoms with van der Waals surface area (Å²) in [5.41, 5.74) is 0.426. The first-order valence-electron chi connectivity index (χ1n) is 12.6. The van der Waals surface area contributed by atoms with Gasteiger partial charge in [-0.3, -0.25) is 9.59 Å². The summed E-state index contributed by atoms with van der Waals surface area (Å²) in [6.45, 7) is 6.45. The Kier molecular flexibility index (Phi) is 8.26. The SMILES string of the molecule is COC(=O)CCC(C)C1CCCC2CCC3CC(OC(C)=O)CCC3(C)C2CCC1. The molecule has 0 aliphatic heterocycles. The fourth-order valence-electron chi connectivity index (χ4n) is 7.36. The van der Waals surface area contributed by atoms with Crippen LogP contribution in [0.4, 0.5) is 0 Å². The maximum absolute atomic E-state index is 11.5. The van der Waals surface area contributed by atoms with Crippen LogP contribution in [0.1, 0.15) is 104 Å². The van der Waals surface area contributed by atoms with Crippen LogP contribution in [0.5, 0.6) is 0 Å².